The van der Waals surface area contributed by atoms with Crippen molar-refractivity contribution in [3.05, 3.63) is 29.3 Å². The molecule has 0 heterocycles. The van der Waals surface area contributed by atoms with E-state index < -0.39 is 23.7 Å². The van der Waals surface area contributed by atoms with E-state index in [-0.39, 0.29) is 0 Å². The highest BCUT2D eigenvalue weighted by Gasteiger charge is 2.34. The monoisotopic (exact) mass is 404 g/mol. The van der Waals surface area contributed by atoms with Gasteiger partial charge in [0.1, 0.15) is 0 Å². The second-order valence-electron chi connectivity index (χ2n) is 8.78. The first-order valence-electron chi connectivity index (χ1n) is 10.4. The third-order valence-electron chi connectivity index (χ3n) is 6.74. The van der Waals surface area contributed by atoms with Crippen LogP contribution in [0.5, 0.6) is 5.75 Å². The molecule has 0 radical (unpaired) electrons. The maximum atomic E-state index is 13.8. The number of rotatable bonds is 5. The Hall–Kier alpha value is -1.33. The van der Waals surface area contributed by atoms with Crippen molar-refractivity contribution in [2.24, 2.45) is 23.7 Å². The van der Waals surface area contributed by atoms with Crippen LogP contribution in [0.15, 0.2) is 12.1 Å². The number of aryl methyl sites for hydroxylation is 1. The van der Waals surface area contributed by atoms with Crippen molar-refractivity contribution in [1.29, 1.82) is 0 Å². The summed E-state index contributed by atoms with van der Waals surface area (Å²) in [6.45, 7) is 2.33. The van der Waals surface area contributed by atoms with Gasteiger partial charge in [0, 0.05) is 0 Å². The van der Waals surface area contributed by atoms with Crippen LogP contribution in [0.1, 0.15) is 70.3 Å². The van der Waals surface area contributed by atoms with E-state index in [1.54, 1.807) is 0 Å². The van der Waals surface area contributed by atoms with Crippen molar-refractivity contribution < 1.29 is 26.7 Å². The Morgan fingerprint density at radius 2 is 1.36 bits per heavy atom. The molecule has 0 amide bonds. The van der Waals surface area contributed by atoms with Crippen LogP contribution in [-0.4, -0.2) is 6.36 Å². The maximum absolute atomic E-state index is 13.8. The van der Waals surface area contributed by atoms with Gasteiger partial charge in [0.15, 0.2) is 11.6 Å². The quantitative estimate of drug-likeness (QED) is 0.464. The molecule has 0 aliphatic heterocycles. The highest BCUT2D eigenvalue weighted by molar-refractivity contribution is 5.31. The Morgan fingerprint density at radius 1 is 0.857 bits per heavy atom. The fourth-order valence-electron chi connectivity index (χ4n) is 5.05. The zero-order chi connectivity index (χ0) is 20.3. The molecule has 0 atom stereocenters. The first-order chi connectivity index (χ1) is 13.2. The third kappa shape index (κ3) is 5.84. The molecule has 2 aliphatic rings. The lowest BCUT2D eigenvalue weighted by atomic mass is 9.69. The fourth-order valence-corrected chi connectivity index (χ4v) is 5.05. The predicted molar refractivity (Wildman–Crippen MR) is 97.9 cm³/mol. The van der Waals surface area contributed by atoms with Gasteiger partial charge in [-0.3, -0.25) is 0 Å². The number of benzene rings is 1. The average molecular weight is 404 g/mol. The van der Waals surface area contributed by atoms with E-state index in [4.69, 9.17) is 0 Å². The topological polar surface area (TPSA) is 9.23 Å². The van der Waals surface area contributed by atoms with Crippen LogP contribution in [-0.2, 0) is 6.42 Å². The van der Waals surface area contributed by atoms with Crippen molar-refractivity contribution in [2.75, 3.05) is 0 Å². The van der Waals surface area contributed by atoms with Crippen LogP contribution in [0.2, 0.25) is 0 Å². The Morgan fingerprint density at radius 3 is 1.86 bits per heavy atom. The van der Waals surface area contributed by atoms with E-state index in [0.29, 0.717) is 17.9 Å². The van der Waals surface area contributed by atoms with Gasteiger partial charge < -0.3 is 4.74 Å². The highest BCUT2D eigenvalue weighted by Crippen LogP contribution is 2.42. The smallest absolute Gasteiger partial charge is 0.399 e. The minimum absolute atomic E-state index is 0.382. The normalized spacial score (nSPS) is 28.9. The molecular weight excluding hydrogens is 375 g/mol. The Balaban J connectivity index is 1.47. The van der Waals surface area contributed by atoms with Gasteiger partial charge in [0.2, 0.25) is 5.75 Å². The molecule has 1 aromatic rings. The van der Waals surface area contributed by atoms with E-state index in [2.05, 4.69) is 11.7 Å². The summed E-state index contributed by atoms with van der Waals surface area (Å²) in [5, 5.41) is 0. The van der Waals surface area contributed by atoms with Gasteiger partial charge >= 0.3 is 6.36 Å². The largest absolute Gasteiger partial charge is 0.573 e. The Bertz CT molecular complexity index is 618. The first kappa shape index (κ1) is 21.4. The molecule has 28 heavy (non-hydrogen) atoms. The maximum Gasteiger partial charge on any atom is 0.573 e. The molecule has 0 spiro atoms. The van der Waals surface area contributed by atoms with Crippen molar-refractivity contribution in [2.45, 2.75) is 77.5 Å². The molecule has 0 unspecified atom stereocenters. The van der Waals surface area contributed by atoms with Crippen molar-refractivity contribution in [3.8, 4) is 5.75 Å². The summed E-state index contributed by atoms with van der Waals surface area (Å²) in [6.07, 6.45) is 6.28. The summed E-state index contributed by atoms with van der Waals surface area (Å²) in [5.74, 6) is -0.917. The van der Waals surface area contributed by atoms with Crippen molar-refractivity contribution >= 4 is 0 Å². The second kappa shape index (κ2) is 9.00. The number of hydrogen-bond donors (Lipinski definition) is 0. The standard InChI is InChI=1S/C22H29F5O/c1-14-2-8-17(9-3-14)18-10-6-15(7-11-18)4-5-16-12-19(23)21(20(24)13-16)28-22(25,26)27/h12-15,17-18H,2-11H2,1H3. The molecule has 3 rings (SSSR count). The Kier molecular flexibility index (Phi) is 6.87. The number of hydrogen-bond acceptors (Lipinski definition) is 1. The number of ether oxygens (including phenoxy) is 1. The van der Waals surface area contributed by atoms with Gasteiger partial charge in [-0.25, -0.2) is 8.78 Å². The molecule has 158 valence electrons. The average Bonchev–Trinajstić information content (AvgIpc) is 2.63. The van der Waals surface area contributed by atoms with E-state index in [1.165, 1.54) is 38.5 Å². The summed E-state index contributed by atoms with van der Waals surface area (Å²) in [6, 6.07) is 1.91. The highest BCUT2D eigenvalue weighted by atomic mass is 19.4. The zero-order valence-electron chi connectivity index (χ0n) is 16.3. The number of halogens is 5. The van der Waals surface area contributed by atoms with Crippen LogP contribution in [0, 0.1) is 35.3 Å². The molecule has 1 nitrogen and oxygen atoms in total. The van der Waals surface area contributed by atoms with Crippen LogP contribution < -0.4 is 4.74 Å². The summed E-state index contributed by atoms with van der Waals surface area (Å²) >= 11 is 0. The molecule has 2 aliphatic carbocycles. The van der Waals surface area contributed by atoms with Crippen molar-refractivity contribution in [1.82, 2.24) is 0 Å². The Labute approximate surface area is 163 Å². The summed E-state index contributed by atoms with van der Waals surface area (Å²) in [5.41, 5.74) is 0.382. The lowest BCUT2D eigenvalue weighted by molar-refractivity contribution is -0.276. The molecule has 0 bridgehead atoms. The van der Waals surface area contributed by atoms with E-state index in [9.17, 15) is 22.0 Å². The van der Waals surface area contributed by atoms with Crippen LogP contribution in [0.4, 0.5) is 22.0 Å². The van der Waals surface area contributed by atoms with Gasteiger partial charge in [-0.2, -0.15) is 0 Å². The minimum Gasteiger partial charge on any atom is -0.399 e. The molecule has 1 aromatic carbocycles. The lowest BCUT2D eigenvalue weighted by Crippen LogP contribution is -2.25. The zero-order valence-corrected chi connectivity index (χ0v) is 16.3. The molecule has 2 fully saturated rings. The summed E-state index contributed by atoms with van der Waals surface area (Å²) < 4.78 is 67.8. The van der Waals surface area contributed by atoms with Crippen molar-refractivity contribution in [3.63, 3.8) is 0 Å². The van der Waals surface area contributed by atoms with Gasteiger partial charge in [0.05, 0.1) is 0 Å². The SMILES string of the molecule is CC1CCC(C2CCC(CCc3cc(F)c(OC(F)(F)F)c(F)c3)CC2)CC1. The van der Waals surface area contributed by atoms with E-state index >= 15 is 0 Å². The van der Waals surface area contributed by atoms with Gasteiger partial charge in [-0.15, -0.1) is 13.2 Å². The second-order valence-corrected chi connectivity index (χ2v) is 8.78. The number of alkyl halides is 3. The van der Waals surface area contributed by atoms with Gasteiger partial charge in [-0.1, -0.05) is 32.6 Å². The molecule has 0 aromatic heterocycles. The molecule has 0 N–H and O–H groups in total. The van der Waals surface area contributed by atoms with E-state index in [1.807, 2.05) is 0 Å². The van der Waals surface area contributed by atoms with Crippen LogP contribution in [0.3, 0.4) is 0 Å². The minimum atomic E-state index is -5.11. The molecular formula is C22H29F5O. The van der Waals surface area contributed by atoms with Crippen LogP contribution in [0.25, 0.3) is 0 Å². The summed E-state index contributed by atoms with van der Waals surface area (Å²) in [7, 11) is 0. The lowest BCUT2D eigenvalue weighted by Gasteiger charge is -2.37. The molecule has 6 heteroatoms. The van der Waals surface area contributed by atoms with Gasteiger partial charge in [-0.05, 0) is 79.9 Å². The van der Waals surface area contributed by atoms with Crippen LogP contribution >= 0.6 is 0 Å². The van der Waals surface area contributed by atoms with E-state index in [0.717, 1.165) is 49.1 Å². The first-order valence-corrected chi connectivity index (χ1v) is 10.4. The summed E-state index contributed by atoms with van der Waals surface area (Å²) in [4.78, 5) is 0. The van der Waals surface area contributed by atoms with Gasteiger partial charge in [0.25, 0.3) is 0 Å². The third-order valence-corrected chi connectivity index (χ3v) is 6.74. The molecule has 0 saturated heterocycles. The fraction of sp³-hybridized carbons (Fsp3) is 0.727. The molecule has 2 saturated carbocycles. The predicted octanol–water partition coefficient (Wildman–Crippen LogP) is 7.43.